The zero-order chi connectivity index (χ0) is 14.2. The molecule has 0 N–H and O–H groups in total. The van der Waals surface area contributed by atoms with Crippen LogP contribution >= 0.6 is 11.3 Å². The lowest BCUT2D eigenvalue weighted by molar-refractivity contribution is 0.369. The molecule has 3 heterocycles. The van der Waals surface area contributed by atoms with E-state index in [-0.39, 0.29) is 0 Å². The van der Waals surface area contributed by atoms with Crippen LogP contribution in [0.1, 0.15) is 12.1 Å². The van der Waals surface area contributed by atoms with E-state index in [1.54, 1.807) is 11.3 Å². The first-order valence-electron chi connectivity index (χ1n) is 7.21. The minimum Gasteiger partial charge on any atom is -0.302 e. The third-order valence-corrected chi connectivity index (χ3v) is 4.82. The molecular weight excluding hydrogens is 278 g/mol. The molecule has 0 radical (unpaired) electrons. The Bertz CT molecular complexity index is 799. The molecule has 3 nitrogen and oxygen atoms in total. The van der Waals surface area contributed by atoms with Gasteiger partial charge in [-0.1, -0.05) is 24.3 Å². The number of fused-ring (bicyclic) bond motifs is 1. The summed E-state index contributed by atoms with van der Waals surface area (Å²) in [6.07, 6.45) is 5.32. The van der Waals surface area contributed by atoms with Crippen molar-refractivity contribution in [2.45, 2.75) is 6.42 Å². The smallest absolute Gasteiger partial charge is 0.194 e. The number of hydrogen-bond donors (Lipinski definition) is 0. The Morgan fingerprint density at radius 1 is 1.24 bits per heavy atom. The molecule has 4 heteroatoms. The second kappa shape index (κ2) is 5.13. The first-order valence-corrected chi connectivity index (χ1v) is 8.09. The third kappa shape index (κ3) is 2.20. The molecule has 0 unspecified atom stereocenters. The predicted octanol–water partition coefficient (Wildman–Crippen LogP) is 3.81. The highest BCUT2D eigenvalue weighted by Crippen LogP contribution is 2.32. The van der Waals surface area contributed by atoms with E-state index >= 15 is 0 Å². The fourth-order valence-corrected chi connectivity index (χ4v) is 3.59. The monoisotopic (exact) mass is 295 g/mol. The molecule has 21 heavy (non-hydrogen) atoms. The number of nitrogens with zero attached hydrogens (tertiary/aromatic N) is 3. The summed E-state index contributed by atoms with van der Waals surface area (Å²) in [7, 11) is 2.17. The van der Waals surface area contributed by atoms with E-state index in [2.05, 4.69) is 57.9 Å². The van der Waals surface area contributed by atoms with Gasteiger partial charge in [-0.2, -0.15) is 0 Å². The van der Waals surface area contributed by atoms with Gasteiger partial charge in [0, 0.05) is 30.1 Å². The molecule has 1 aliphatic heterocycles. The quantitative estimate of drug-likeness (QED) is 0.717. The van der Waals surface area contributed by atoms with E-state index in [0.29, 0.717) is 0 Å². The Kier molecular flexibility index (Phi) is 3.13. The lowest BCUT2D eigenvalue weighted by Gasteiger charge is -2.22. The topological polar surface area (TPSA) is 21.1 Å². The van der Waals surface area contributed by atoms with E-state index in [1.165, 1.54) is 22.2 Å². The van der Waals surface area contributed by atoms with Crippen molar-refractivity contribution in [1.29, 1.82) is 0 Å². The Balaban J connectivity index is 1.94. The maximum Gasteiger partial charge on any atom is 0.194 e. The zero-order valence-electron chi connectivity index (χ0n) is 12.0. The van der Waals surface area contributed by atoms with Crippen molar-refractivity contribution in [1.82, 2.24) is 14.5 Å². The highest BCUT2D eigenvalue weighted by molar-refractivity contribution is 7.12. The fourth-order valence-electron chi connectivity index (χ4n) is 2.93. The highest BCUT2D eigenvalue weighted by atomic mass is 32.1. The lowest BCUT2D eigenvalue weighted by Crippen LogP contribution is -2.24. The molecule has 0 saturated carbocycles. The molecule has 4 rings (SSSR count). The van der Waals surface area contributed by atoms with Crippen LogP contribution in [-0.4, -0.2) is 34.6 Å². The summed E-state index contributed by atoms with van der Waals surface area (Å²) >= 11 is 1.69. The van der Waals surface area contributed by atoms with Gasteiger partial charge in [-0.25, -0.2) is 4.98 Å². The van der Waals surface area contributed by atoms with Crippen LogP contribution in [0.15, 0.2) is 48.0 Å². The summed E-state index contributed by atoms with van der Waals surface area (Å²) < 4.78 is 2.30. The maximum atomic E-state index is 4.52. The van der Waals surface area contributed by atoms with Crippen molar-refractivity contribution in [3.8, 4) is 5.13 Å². The van der Waals surface area contributed by atoms with Crippen molar-refractivity contribution < 1.29 is 0 Å². The van der Waals surface area contributed by atoms with Crippen molar-refractivity contribution in [3.63, 3.8) is 0 Å². The van der Waals surface area contributed by atoms with Crippen molar-refractivity contribution >= 4 is 27.8 Å². The minimum atomic E-state index is 1.02. The molecule has 0 fully saturated rings. The van der Waals surface area contributed by atoms with Crippen LogP contribution in [0, 0.1) is 0 Å². The average Bonchev–Trinajstić information content (AvgIpc) is 3.14. The van der Waals surface area contributed by atoms with Crippen LogP contribution in [0.3, 0.4) is 0 Å². The number of hydrogen-bond acceptors (Lipinski definition) is 3. The Morgan fingerprint density at radius 3 is 2.90 bits per heavy atom. The first-order chi connectivity index (χ1) is 10.3. The molecule has 0 atom stereocenters. The molecule has 1 aliphatic rings. The molecule has 1 aromatic carbocycles. The summed E-state index contributed by atoms with van der Waals surface area (Å²) in [5, 5.41) is 4.37. The SMILES string of the molecule is CN1CC=C(c2cc3ccccc3n2-c2nccs2)CC1. The summed E-state index contributed by atoms with van der Waals surface area (Å²) in [4.78, 5) is 6.87. The number of aromatic nitrogens is 2. The van der Waals surface area contributed by atoms with Gasteiger partial charge >= 0.3 is 0 Å². The zero-order valence-corrected chi connectivity index (χ0v) is 12.8. The normalized spacial score (nSPS) is 16.3. The van der Waals surface area contributed by atoms with Gasteiger partial charge < -0.3 is 4.90 Å². The Labute approximate surface area is 128 Å². The summed E-state index contributed by atoms with van der Waals surface area (Å²) in [6, 6.07) is 10.8. The van der Waals surface area contributed by atoms with Crippen LogP contribution in [0.2, 0.25) is 0 Å². The van der Waals surface area contributed by atoms with Gasteiger partial charge in [-0.3, -0.25) is 4.57 Å². The van der Waals surface area contributed by atoms with Gasteiger partial charge in [-0.05, 0) is 31.2 Å². The van der Waals surface area contributed by atoms with E-state index in [9.17, 15) is 0 Å². The molecule has 0 saturated heterocycles. The second-order valence-electron chi connectivity index (χ2n) is 5.48. The highest BCUT2D eigenvalue weighted by Gasteiger charge is 2.17. The van der Waals surface area contributed by atoms with E-state index in [0.717, 1.165) is 24.6 Å². The predicted molar refractivity (Wildman–Crippen MR) is 89.0 cm³/mol. The van der Waals surface area contributed by atoms with Crippen LogP contribution in [-0.2, 0) is 0 Å². The second-order valence-corrected chi connectivity index (χ2v) is 6.35. The molecule has 2 aromatic heterocycles. The average molecular weight is 295 g/mol. The van der Waals surface area contributed by atoms with E-state index in [4.69, 9.17) is 0 Å². The van der Waals surface area contributed by atoms with Gasteiger partial charge in [0.2, 0.25) is 0 Å². The Morgan fingerprint density at radius 2 is 2.14 bits per heavy atom. The van der Waals surface area contributed by atoms with Gasteiger partial charge in [0.15, 0.2) is 5.13 Å². The molecule has 3 aromatic rings. The van der Waals surface area contributed by atoms with Crippen molar-refractivity contribution in [2.24, 2.45) is 0 Å². The van der Waals surface area contributed by atoms with Crippen molar-refractivity contribution in [2.75, 3.05) is 20.1 Å². The minimum absolute atomic E-state index is 1.02. The van der Waals surface area contributed by atoms with Gasteiger partial charge in [0.05, 0.1) is 11.2 Å². The van der Waals surface area contributed by atoms with Crippen LogP contribution in [0.4, 0.5) is 0 Å². The van der Waals surface area contributed by atoms with Gasteiger partial charge in [0.25, 0.3) is 0 Å². The summed E-state index contributed by atoms with van der Waals surface area (Å²) in [5.74, 6) is 0. The number of rotatable bonds is 2. The summed E-state index contributed by atoms with van der Waals surface area (Å²) in [5.41, 5.74) is 3.96. The van der Waals surface area contributed by atoms with Gasteiger partial charge in [-0.15, -0.1) is 11.3 Å². The molecule has 0 spiro atoms. The van der Waals surface area contributed by atoms with Crippen LogP contribution in [0.5, 0.6) is 0 Å². The summed E-state index contributed by atoms with van der Waals surface area (Å²) in [6.45, 7) is 2.14. The third-order valence-electron chi connectivity index (χ3n) is 4.06. The number of para-hydroxylation sites is 1. The maximum absolute atomic E-state index is 4.52. The van der Waals surface area contributed by atoms with Crippen molar-refractivity contribution in [3.05, 3.63) is 53.7 Å². The lowest BCUT2D eigenvalue weighted by atomic mass is 10.1. The van der Waals surface area contributed by atoms with Crippen LogP contribution in [0.25, 0.3) is 21.6 Å². The Hall–Kier alpha value is -1.91. The molecule has 106 valence electrons. The largest absolute Gasteiger partial charge is 0.302 e. The van der Waals surface area contributed by atoms with E-state index in [1.807, 2.05) is 11.6 Å². The molecule has 0 bridgehead atoms. The van der Waals surface area contributed by atoms with Gasteiger partial charge in [0.1, 0.15) is 0 Å². The fraction of sp³-hybridized carbons (Fsp3) is 0.235. The molecular formula is C17H17N3S. The van der Waals surface area contributed by atoms with Crippen LogP contribution < -0.4 is 0 Å². The first kappa shape index (κ1) is 12.8. The standard InChI is InChI=1S/C17H17N3S/c1-19-9-6-13(7-10-19)16-12-14-4-2-3-5-15(14)20(16)17-18-8-11-21-17/h2-6,8,11-12H,7,9-10H2,1H3. The number of likely N-dealkylation sites (N-methyl/N-ethyl adjacent to an activating group) is 1. The molecule has 0 aliphatic carbocycles. The number of benzene rings is 1. The number of thiazole rings is 1. The molecule has 0 amide bonds. The van der Waals surface area contributed by atoms with E-state index < -0.39 is 0 Å².